The van der Waals surface area contributed by atoms with Crippen LogP contribution in [0.15, 0.2) is 54.6 Å². The van der Waals surface area contributed by atoms with Crippen molar-refractivity contribution in [2.24, 2.45) is 29.1 Å². The summed E-state index contributed by atoms with van der Waals surface area (Å²) in [6.45, 7) is 8.40. The van der Waals surface area contributed by atoms with Gasteiger partial charge >= 0.3 is 11.9 Å². The van der Waals surface area contributed by atoms with E-state index < -0.39 is 41.1 Å². The minimum Gasteiger partial charge on any atom is -0.466 e. The van der Waals surface area contributed by atoms with E-state index in [1.165, 1.54) is 17.7 Å². The molecule has 0 unspecified atom stereocenters. The number of hydrogen-bond acceptors (Lipinski definition) is 6. The molecule has 1 saturated carbocycles. The van der Waals surface area contributed by atoms with Crippen LogP contribution in [0, 0.1) is 29.1 Å². The molecule has 0 radical (unpaired) electrons. The highest BCUT2D eigenvalue weighted by Gasteiger charge is 2.62. The molecule has 0 heterocycles. The maximum absolute atomic E-state index is 14.2. The quantitative estimate of drug-likeness (QED) is 0.289. The van der Waals surface area contributed by atoms with Gasteiger partial charge < -0.3 is 9.47 Å². The van der Waals surface area contributed by atoms with Crippen LogP contribution in [0.2, 0.25) is 0 Å². The monoisotopic (exact) mass is 506 g/mol. The third-order valence-corrected chi connectivity index (χ3v) is 8.81. The molecule has 0 aromatic heterocycles. The molecule has 4 rings (SSSR count). The second-order valence-corrected chi connectivity index (χ2v) is 11.4. The number of allylic oxidation sites excluding steroid dienone is 4. The first-order chi connectivity index (χ1) is 17.6. The lowest BCUT2D eigenvalue weighted by atomic mass is 9.56. The van der Waals surface area contributed by atoms with Gasteiger partial charge in [0.25, 0.3) is 0 Å². The third kappa shape index (κ3) is 4.95. The molecule has 3 aliphatic rings. The first kappa shape index (κ1) is 27.0. The molecule has 3 aliphatic carbocycles. The van der Waals surface area contributed by atoms with Crippen molar-refractivity contribution < 1.29 is 28.7 Å². The molecule has 198 valence electrons. The summed E-state index contributed by atoms with van der Waals surface area (Å²) in [6, 6.07) is 10.2. The number of rotatable bonds is 7. The number of ether oxygens (including phenoxy) is 2. The van der Waals surface area contributed by atoms with E-state index >= 15 is 0 Å². The van der Waals surface area contributed by atoms with Gasteiger partial charge in [0.2, 0.25) is 0 Å². The number of fused-ring (bicyclic) bond motifs is 1. The fourth-order valence-electron chi connectivity index (χ4n) is 6.71. The van der Waals surface area contributed by atoms with Gasteiger partial charge in [-0.25, -0.2) is 0 Å². The maximum atomic E-state index is 14.2. The summed E-state index contributed by atoms with van der Waals surface area (Å²) in [5, 5.41) is 0. The normalized spacial score (nSPS) is 31.5. The smallest absolute Gasteiger partial charge is 0.321 e. The standard InChI is InChI=1S/C31H38O6/c1-5-36-28(34)19-22-12-9-13-23-25(32)16-17-27(33)31(22,23)29(35)37-26-18-20(2)14-15-24(26)30(3,4)21-10-7-6-8-11-21/h6-12,16-17,20,22-24,26H,5,13-15,18-19H2,1-4H3/t20-,22+,23-,24-,26-,31+/m1/s1. The molecule has 6 heteroatoms. The van der Waals surface area contributed by atoms with Crippen molar-refractivity contribution in [1.82, 2.24) is 0 Å². The van der Waals surface area contributed by atoms with Crippen LogP contribution in [0.3, 0.4) is 0 Å². The average Bonchev–Trinajstić information content (AvgIpc) is 2.87. The van der Waals surface area contributed by atoms with Crippen molar-refractivity contribution in [2.75, 3.05) is 6.61 Å². The Morgan fingerprint density at radius 1 is 1.08 bits per heavy atom. The van der Waals surface area contributed by atoms with Crippen LogP contribution < -0.4 is 0 Å². The van der Waals surface area contributed by atoms with Crippen molar-refractivity contribution in [3.63, 3.8) is 0 Å². The molecule has 0 bridgehead atoms. The lowest BCUT2D eigenvalue weighted by Crippen LogP contribution is -2.58. The Morgan fingerprint density at radius 3 is 2.51 bits per heavy atom. The van der Waals surface area contributed by atoms with Gasteiger partial charge in [0.05, 0.1) is 13.0 Å². The number of benzene rings is 1. The van der Waals surface area contributed by atoms with Gasteiger partial charge in [-0.2, -0.15) is 0 Å². The predicted octanol–water partition coefficient (Wildman–Crippen LogP) is 5.15. The summed E-state index contributed by atoms with van der Waals surface area (Å²) in [4.78, 5) is 53.3. The molecule has 0 amide bonds. The van der Waals surface area contributed by atoms with Gasteiger partial charge in [0, 0.05) is 17.8 Å². The first-order valence-electron chi connectivity index (χ1n) is 13.5. The topological polar surface area (TPSA) is 86.7 Å². The second kappa shape index (κ2) is 10.8. The fourth-order valence-corrected chi connectivity index (χ4v) is 6.71. The van der Waals surface area contributed by atoms with E-state index in [0.29, 0.717) is 12.3 Å². The molecule has 1 aromatic carbocycles. The number of carbonyl (C=O) groups excluding carboxylic acids is 4. The summed E-state index contributed by atoms with van der Waals surface area (Å²) in [6.07, 6.45) is 8.21. The third-order valence-electron chi connectivity index (χ3n) is 8.81. The minimum absolute atomic E-state index is 0.0393. The molecule has 0 saturated heterocycles. The van der Waals surface area contributed by atoms with E-state index in [0.717, 1.165) is 12.8 Å². The molecule has 6 nitrogen and oxygen atoms in total. The number of ketones is 2. The van der Waals surface area contributed by atoms with Crippen LogP contribution in [-0.4, -0.2) is 36.2 Å². The van der Waals surface area contributed by atoms with Crippen molar-refractivity contribution >= 4 is 23.5 Å². The van der Waals surface area contributed by atoms with Crippen LogP contribution in [0.25, 0.3) is 0 Å². The minimum atomic E-state index is -1.75. The molecular weight excluding hydrogens is 468 g/mol. The molecule has 6 atom stereocenters. The molecular formula is C31H38O6. The van der Waals surface area contributed by atoms with Gasteiger partial charge in [0.1, 0.15) is 11.5 Å². The Kier molecular flexibility index (Phi) is 7.86. The van der Waals surface area contributed by atoms with Crippen LogP contribution >= 0.6 is 0 Å². The molecule has 1 aromatic rings. The highest BCUT2D eigenvalue weighted by atomic mass is 16.5. The van der Waals surface area contributed by atoms with E-state index in [4.69, 9.17) is 9.47 Å². The van der Waals surface area contributed by atoms with Gasteiger partial charge in [-0.05, 0) is 55.2 Å². The average molecular weight is 507 g/mol. The zero-order valence-electron chi connectivity index (χ0n) is 22.3. The second-order valence-electron chi connectivity index (χ2n) is 11.4. The van der Waals surface area contributed by atoms with Crippen LogP contribution in [0.4, 0.5) is 0 Å². The highest BCUT2D eigenvalue weighted by Crippen LogP contribution is 2.51. The number of esters is 2. The SMILES string of the molecule is CCOC(=O)C[C@@H]1C=CC[C@@H]2C(=O)C=CC(=O)[C@@]21C(=O)O[C@@H]1C[C@H](C)CC[C@H]1C(C)(C)c1ccccc1. The van der Waals surface area contributed by atoms with E-state index in [-0.39, 0.29) is 36.6 Å². The zero-order chi connectivity index (χ0) is 26.8. The summed E-state index contributed by atoms with van der Waals surface area (Å²) >= 11 is 0. The van der Waals surface area contributed by atoms with Crippen molar-refractivity contribution in [3.05, 3.63) is 60.2 Å². The Morgan fingerprint density at radius 2 is 1.81 bits per heavy atom. The summed E-state index contributed by atoms with van der Waals surface area (Å²) in [7, 11) is 0. The molecule has 0 aliphatic heterocycles. The Bertz CT molecular complexity index is 1100. The van der Waals surface area contributed by atoms with Crippen molar-refractivity contribution in [3.8, 4) is 0 Å². The maximum Gasteiger partial charge on any atom is 0.321 e. The van der Waals surface area contributed by atoms with E-state index in [9.17, 15) is 19.2 Å². The van der Waals surface area contributed by atoms with Gasteiger partial charge in [0.15, 0.2) is 11.6 Å². The lowest BCUT2D eigenvalue weighted by molar-refractivity contribution is -0.181. The zero-order valence-corrected chi connectivity index (χ0v) is 22.3. The predicted molar refractivity (Wildman–Crippen MR) is 139 cm³/mol. The van der Waals surface area contributed by atoms with Crippen LogP contribution in [0.5, 0.6) is 0 Å². The molecule has 0 spiro atoms. The van der Waals surface area contributed by atoms with E-state index in [1.807, 2.05) is 18.2 Å². The Labute approximate surface area is 219 Å². The fraction of sp³-hybridized carbons (Fsp3) is 0.548. The molecule has 37 heavy (non-hydrogen) atoms. The first-order valence-corrected chi connectivity index (χ1v) is 13.5. The van der Waals surface area contributed by atoms with E-state index in [1.54, 1.807) is 19.1 Å². The summed E-state index contributed by atoms with van der Waals surface area (Å²) in [5.74, 6) is -3.24. The number of carbonyl (C=O) groups is 4. The summed E-state index contributed by atoms with van der Waals surface area (Å²) < 4.78 is 11.5. The number of hydrogen-bond donors (Lipinski definition) is 0. The van der Waals surface area contributed by atoms with Crippen molar-refractivity contribution in [2.45, 2.75) is 71.3 Å². The van der Waals surface area contributed by atoms with E-state index in [2.05, 4.69) is 32.9 Å². The van der Waals surface area contributed by atoms with Crippen molar-refractivity contribution in [1.29, 1.82) is 0 Å². The van der Waals surface area contributed by atoms with Crippen LogP contribution in [0.1, 0.15) is 65.4 Å². The largest absolute Gasteiger partial charge is 0.466 e. The van der Waals surface area contributed by atoms with Gasteiger partial charge in [-0.15, -0.1) is 0 Å². The molecule has 1 fully saturated rings. The Balaban J connectivity index is 1.71. The van der Waals surface area contributed by atoms with Crippen LogP contribution in [-0.2, 0) is 34.1 Å². The Hall–Kier alpha value is -3.02. The highest BCUT2D eigenvalue weighted by molar-refractivity contribution is 6.19. The summed E-state index contributed by atoms with van der Waals surface area (Å²) in [5.41, 5.74) is -0.860. The lowest BCUT2D eigenvalue weighted by Gasteiger charge is -2.47. The van der Waals surface area contributed by atoms with Gasteiger partial charge in [-0.1, -0.05) is 69.7 Å². The molecule has 0 N–H and O–H groups in total. The van der Waals surface area contributed by atoms with Gasteiger partial charge in [-0.3, -0.25) is 19.2 Å².